The molecule has 0 unspecified atom stereocenters. The molecule has 0 aliphatic rings. The van der Waals surface area contributed by atoms with E-state index in [1.807, 2.05) is 60.7 Å². The molecule has 0 saturated carbocycles. The quantitative estimate of drug-likeness (QED) is 0.635. The van der Waals surface area contributed by atoms with Gasteiger partial charge in [0, 0.05) is 12.4 Å². The first-order valence-corrected chi connectivity index (χ1v) is 6.17. The van der Waals surface area contributed by atoms with E-state index in [0.717, 1.165) is 11.4 Å². The van der Waals surface area contributed by atoms with Crippen LogP contribution < -0.4 is 0 Å². The van der Waals surface area contributed by atoms with Crippen molar-refractivity contribution in [2.24, 2.45) is 10.2 Å². The van der Waals surface area contributed by atoms with Gasteiger partial charge in [-0.1, -0.05) is 36.4 Å². The van der Waals surface area contributed by atoms with Crippen molar-refractivity contribution in [2.75, 3.05) is 0 Å². The van der Waals surface area contributed by atoms with Gasteiger partial charge in [0.05, 0.1) is 11.4 Å². The summed E-state index contributed by atoms with van der Waals surface area (Å²) >= 11 is 0. The number of nitrogens with zero attached hydrogens (tertiary/aromatic N) is 4. The van der Waals surface area contributed by atoms with Crippen LogP contribution in [0.1, 0.15) is 0 Å². The smallest absolute Gasteiger partial charge is 0.115 e. The van der Waals surface area contributed by atoms with Gasteiger partial charge in [0.2, 0.25) is 0 Å². The van der Waals surface area contributed by atoms with Crippen LogP contribution in [-0.4, -0.2) is 9.97 Å². The van der Waals surface area contributed by atoms with Crippen LogP contribution in [0.3, 0.4) is 0 Å². The lowest BCUT2D eigenvalue weighted by Gasteiger charge is -1.91. The summed E-state index contributed by atoms with van der Waals surface area (Å²) < 4.78 is 0. The number of benzene rings is 2. The second-order valence-electron chi connectivity index (χ2n) is 3.78. The molecule has 0 atom stereocenters. The summed E-state index contributed by atoms with van der Waals surface area (Å²) in [5, 5.41) is 8.20. The van der Waals surface area contributed by atoms with E-state index in [-0.39, 0.29) is 0 Å². The standard InChI is InChI=1S/C12H10N2.C4H4N2/c1-3-7-11(8-4-1)13-14-12-9-5-2-6-10-12;1-2-5-4-6-3-1/h1-10H;1-4H/b14-13+;. The molecule has 1 aromatic heterocycles. The second-order valence-corrected chi connectivity index (χ2v) is 3.78. The van der Waals surface area contributed by atoms with Crippen molar-refractivity contribution < 1.29 is 0 Å². The van der Waals surface area contributed by atoms with Gasteiger partial charge >= 0.3 is 0 Å². The monoisotopic (exact) mass is 262 g/mol. The number of rotatable bonds is 2. The third-order valence-corrected chi connectivity index (χ3v) is 2.27. The average Bonchev–Trinajstić information content (AvgIpc) is 2.57. The molecular formula is C16H14N4. The van der Waals surface area contributed by atoms with E-state index in [1.54, 1.807) is 18.5 Å². The van der Waals surface area contributed by atoms with Gasteiger partial charge in [0.25, 0.3) is 0 Å². The van der Waals surface area contributed by atoms with Gasteiger partial charge in [-0.15, -0.1) is 0 Å². The number of azo groups is 1. The van der Waals surface area contributed by atoms with Gasteiger partial charge in [-0.25, -0.2) is 9.97 Å². The molecule has 98 valence electrons. The van der Waals surface area contributed by atoms with Gasteiger partial charge in [-0.05, 0) is 30.3 Å². The Morgan fingerprint density at radius 2 is 1.00 bits per heavy atom. The van der Waals surface area contributed by atoms with Gasteiger partial charge in [-0.3, -0.25) is 0 Å². The Balaban J connectivity index is 0.000000205. The van der Waals surface area contributed by atoms with E-state index in [9.17, 15) is 0 Å². The first-order valence-electron chi connectivity index (χ1n) is 6.17. The van der Waals surface area contributed by atoms with E-state index < -0.39 is 0 Å². The predicted molar refractivity (Wildman–Crippen MR) is 79.1 cm³/mol. The summed E-state index contributed by atoms with van der Waals surface area (Å²) in [6.45, 7) is 0. The number of hydrogen-bond donors (Lipinski definition) is 0. The highest BCUT2D eigenvalue weighted by Crippen LogP contribution is 2.16. The lowest BCUT2D eigenvalue weighted by atomic mass is 10.3. The highest BCUT2D eigenvalue weighted by atomic mass is 15.1. The maximum atomic E-state index is 4.10. The molecule has 3 aromatic rings. The molecule has 0 spiro atoms. The summed E-state index contributed by atoms with van der Waals surface area (Å²) in [6.07, 6.45) is 4.88. The first kappa shape index (κ1) is 13.5. The van der Waals surface area contributed by atoms with Crippen LogP contribution in [0.4, 0.5) is 11.4 Å². The highest BCUT2D eigenvalue weighted by Gasteiger charge is 1.86. The minimum atomic E-state index is 0.872. The fraction of sp³-hybridized carbons (Fsp3) is 0. The maximum absolute atomic E-state index is 4.10. The summed E-state index contributed by atoms with van der Waals surface area (Å²) in [4.78, 5) is 7.35. The van der Waals surface area contributed by atoms with Gasteiger partial charge in [-0.2, -0.15) is 10.2 Å². The van der Waals surface area contributed by atoms with Crippen LogP contribution in [-0.2, 0) is 0 Å². The second kappa shape index (κ2) is 8.26. The maximum Gasteiger partial charge on any atom is 0.115 e. The Morgan fingerprint density at radius 3 is 1.30 bits per heavy atom. The van der Waals surface area contributed by atoms with Crippen LogP contribution in [0.15, 0.2) is 95.7 Å². The third-order valence-electron chi connectivity index (χ3n) is 2.27. The lowest BCUT2D eigenvalue weighted by molar-refractivity contribution is 1.17. The zero-order chi connectivity index (χ0) is 13.9. The summed E-state index contributed by atoms with van der Waals surface area (Å²) in [7, 11) is 0. The van der Waals surface area contributed by atoms with E-state index in [0.29, 0.717) is 0 Å². The Hall–Kier alpha value is -2.88. The average molecular weight is 262 g/mol. The summed E-state index contributed by atoms with van der Waals surface area (Å²) in [5.41, 5.74) is 1.74. The van der Waals surface area contributed by atoms with Crippen molar-refractivity contribution in [3.05, 3.63) is 85.5 Å². The van der Waals surface area contributed by atoms with Crippen LogP contribution in [0.5, 0.6) is 0 Å². The van der Waals surface area contributed by atoms with Crippen LogP contribution in [0.25, 0.3) is 0 Å². The largest absolute Gasteiger partial charge is 0.245 e. The first-order chi connectivity index (χ1) is 9.95. The van der Waals surface area contributed by atoms with Gasteiger partial charge in [0.15, 0.2) is 0 Å². The molecule has 20 heavy (non-hydrogen) atoms. The molecule has 2 aromatic carbocycles. The van der Waals surface area contributed by atoms with E-state index in [1.165, 1.54) is 6.33 Å². The zero-order valence-electron chi connectivity index (χ0n) is 10.9. The van der Waals surface area contributed by atoms with Crippen molar-refractivity contribution in [3.8, 4) is 0 Å². The number of hydrogen-bond acceptors (Lipinski definition) is 4. The van der Waals surface area contributed by atoms with Crippen molar-refractivity contribution in [2.45, 2.75) is 0 Å². The SMILES string of the molecule is c1ccc(/N=N/c2ccccc2)cc1.c1cncnc1. The molecule has 4 heteroatoms. The number of aromatic nitrogens is 2. The van der Waals surface area contributed by atoms with Crippen LogP contribution in [0, 0.1) is 0 Å². The molecule has 0 saturated heterocycles. The topological polar surface area (TPSA) is 50.5 Å². The van der Waals surface area contributed by atoms with Crippen LogP contribution >= 0.6 is 0 Å². The van der Waals surface area contributed by atoms with E-state index >= 15 is 0 Å². The minimum Gasteiger partial charge on any atom is -0.245 e. The molecular weight excluding hydrogens is 248 g/mol. The lowest BCUT2D eigenvalue weighted by Crippen LogP contribution is -1.66. The summed E-state index contributed by atoms with van der Waals surface area (Å²) in [6, 6.07) is 21.2. The Morgan fingerprint density at radius 1 is 0.550 bits per heavy atom. The Kier molecular flexibility index (Phi) is 5.60. The Labute approximate surface area is 117 Å². The van der Waals surface area contributed by atoms with Crippen molar-refractivity contribution >= 4 is 11.4 Å². The fourth-order valence-corrected chi connectivity index (χ4v) is 1.36. The Bertz CT molecular complexity index is 542. The van der Waals surface area contributed by atoms with Crippen molar-refractivity contribution in [1.82, 2.24) is 9.97 Å². The third kappa shape index (κ3) is 5.18. The normalized spacial score (nSPS) is 9.80. The molecule has 0 amide bonds. The van der Waals surface area contributed by atoms with Gasteiger partial charge < -0.3 is 0 Å². The van der Waals surface area contributed by atoms with E-state index in [4.69, 9.17) is 0 Å². The summed E-state index contributed by atoms with van der Waals surface area (Å²) in [5.74, 6) is 0. The molecule has 1 heterocycles. The molecule has 0 radical (unpaired) electrons. The molecule has 0 N–H and O–H groups in total. The minimum absolute atomic E-state index is 0.872. The highest BCUT2D eigenvalue weighted by molar-refractivity contribution is 5.39. The molecule has 0 aliphatic heterocycles. The fourth-order valence-electron chi connectivity index (χ4n) is 1.36. The van der Waals surface area contributed by atoms with E-state index in [2.05, 4.69) is 20.2 Å². The van der Waals surface area contributed by atoms with Crippen molar-refractivity contribution in [3.63, 3.8) is 0 Å². The van der Waals surface area contributed by atoms with Gasteiger partial charge in [0.1, 0.15) is 6.33 Å². The van der Waals surface area contributed by atoms with Crippen LogP contribution in [0.2, 0.25) is 0 Å². The molecule has 4 nitrogen and oxygen atoms in total. The van der Waals surface area contributed by atoms with Crippen molar-refractivity contribution in [1.29, 1.82) is 0 Å². The molecule has 0 bridgehead atoms. The zero-order valence-corrected chi connectivity index (χ0v) is 10.9. The molecule has 0 aliphatic carbocycles. The molecule has 3 rings (SSSR count). The molecule has 0 fully saturated rings. The predicted octanol–water partition coefficient (Wildman–Crippen LogP) is 4.58.